The Labute approximate surface area is 124 Å². The number of carbonyl (C=O) groups excluding carboxylic acids is 1. The number of ether oxygens (including phenoxy) is 1. The van der Waals surface area contributed by atoms with Crippen molar-refractivity contribution in [3.8, 4) is 5.75 Å². The standard InChI is InChI=1S/C17H11FO4/c18-13-4-1-11(2-5-13)15(19)10-21-14-6-7-16-12(9-14)3-8-17(20)22-16/h1-9H,10H2. The molecule has 0 amide bonds. The smallest absolute Gasteiger partial charge is 0.336 e. The maximum Gasteiger partial charge on any atom is 0.336 e. The van der Waals surface area contributed by atoms with E-state index in [2.05, 4.69) is 0 Å². The lowest BCUT2D eigenvalue weighted by Gasteiger charge is -2.06. The lowest BCUT2D eigenvalue weighted by molar-refractivity contribution is 0.0921. The third kappa shape index (κ3) is 3.03. The van der Waals surface area contributed by atoms with Gasteiger partial charge in [-0.25, -0.2) is 9.18 Å². The molecule has 3 rings (SSSR count). The topological polar surface area (TPSA) is 56.5 Å². The van der Waals surface area contributed by atoms with Gasteiger partial charge in [-0.2, -0.15) is 0 Å². The van der Waals surface area contributed by atoms with Gasteiger partial charge in [-0.3, -0.25) is 4.79 Å². The van der Waals surface area contributed by atoms with Gasteiger partial charge in [-0.05, 0) is 48.5 Å². The summed E-state index contributed by atoms with van der Waals surface area (Å²) in [5.41, 5.74) is 0.408. The van der Waals surface area contributed by atoms with Gasteiger partial charge in [-0.15, -0.1) is 0 Å². The molecular weight excluding hydrogens is 287 g/mol. The number of ketones is 1. The molecule has 4 nitrogen and oxygen atoms in total. The zero-order chi connectivity index (χ0) is 15.5. The maximum absolute atomic E-state index is 12.8. The van der Waals surface area contributed by atoms with E-state index in [0.717, 1.165) is 0 Å². The van der Waals surface area contributed by atoms with Crippen LogP contribution in [-0.4, -0.2) is 12.4 Å². The van der Waals surface area contributed by atoms with Crippen molar-refractivity contribution in [3.63, 3.8) is 0 Å². The third-order valence-corrected chi connectivity index (χ3v) is 3.13. The van der Waals surface area contributed by atoms with Crippen LogP contribution >= 0.6 is 0 Å². The van der Waals surface area contributed by atoms with E-state index in [1.54, 1.807) is 24.3 Å². The molecule has 0 saturated heterocycles. The average Bonchev–Trinajstić information content (AvgIpc) is 2.53. The molecule has 0 N–H and O–H groups in total. The van der Waals surface area contributed by atoms with E-state index in [1.807, 2.05) is 0 Å². The molecule has 1 aromatic heterocycles. The minimum atomic E-state index is -0.423. The van der Waals surface area contributed by atoms with Crippen LogP contribution in [0.1, 0.15) is 10.4 Å². The lowest BCUT2D eigenvalue weighted by Crippen LogP contribution is -2.11. The fraction of sp³-hybridized carbons (Fsp3) is 0.0588. The van der Waals surface area contributed by atoms with Crippen LogP contribution in [0.15, 0.2) is 63.8 Å². The Hall–Kier alpha value is -2.95. The van der Waals surface area contributed by atoms with Crippen LogP contribution in [0.4, 0.5) is 4.39 Å². The summed E-state index contributed by atoms with van der Waals surface area (Å²) < 4.78 is 23.2. The number of carbonyl (C=O) groups is 1. The Kier molecular flexibility index (Phi) is 3.70. The van der Waals surface area contributed by atoms with Crippen LogP contribution in [-0.2, 0) is 0 Å². The number of Topliss-reactive ketones (excluding diaryl/α,β-unsaturated/α-hetero) is 1. The van der Waals surface area contributed by atoms with E-state index in [4.69, 9.17) is 9.15 Å². The van der Waals surface area contributed by atoms with E-state index in [0.29, 0.717) is 22.3 Å². The molecule has 0 bridgehead atoms. The quantitative estimate of drug-likeness (QED) is 0.548. The van der Waals surface area contributed by atoms with E-state index < -0.39 is 11.4 Å². The fourth-order valence-corrected chi connectivity index (χ4v) is 2.01. The van der Waals surface area contributed by atoms with Gasteiger partial charge in [-0.1, -0.05) is 0 Å². The summed E-state index contributed by atoms with van der Waals surface area (Å²) >= 11 is 0. The third-order valence-electron chi connectivity index (χ3n) is 3.13. The first-order chi connectivity index (χ1) is 10.6. The molecule has 0 aliphatic carbocycles. The van der Waals surface area contributed by atoms with Gasteiger partial charge in [0.2, 0.25) is 0 Å². The lowest BCUT2D eigenvalue weighted by atomic mass is 10.1. The minimum absolute atomic E-state index is 0.159. The molecule has 0 radical (unpaired) electrons. The van der Waals surface area contributed by atoms with E-state index in [1.165, 1.54) is 30.3 Å². The van der Waals surface area contributed by atoms with Crippen molar-refractivity contribution in [2.75, 3.05) is 6.61 Å². The van der Waals surface area contributed by atoms with Crippen LogP contribution in [0.2, 0.25) is 0 Å². The molecule has 1 heterocycles. The van der Waals surface area contributed by atoms with Crippen LogP contribution in [0, 0.1) is 5.82 Å². The molecule has 0 aliphatic heterocycles. The number of benzene rings is 2. The van der Waals surface area contributed by atoms with Gasteiger partial charge in [0.1, 0.15) is 17.1 Å². The van der Waals surface area contributed by atoms with E-state index in [-0.39, 0.29) is 12.4 Å². The number of hydrogen-bond acceptors (Lipinski definition) is 4. The summed E-state index contributed by atoms with van der Waals surface area (Å²) in [6, 6.07) is 13.1. The molecule has 0 fully saturated rings. The molecule has 110 valence electrons. The van der Waals surface area contributed by atoms with Crippen molar-refractivity contribution < 1.29 is 18.3 Å². The van der Waals surface area contributed by atoms with E-state index in [9.17, 15) is 14.0 Å². The SMILES string of the molecule is O=C(COc1ccc2oc(=O)ccc2c1)c1ccc(F)cc1. The molecule has 0 atom stereocenters. The Morgan fingerprint density at radius 2 is 1.82 bits per heavy atom. The minimum Gasteiger partial charge on any atom is -0.485 e. The van der Waals surface area contributed by atoms with Crippen molar-refractivity contribution in [1.29, 1.82) is 0 Å². The molecule has 0 aliphatic rings. The first-order valence-electron chi connectivity index (χ1n) is 6.57. The first kappa shape index (κ1) is 14.0. The Balaban J connectivity index is 1.73. The number of hydrogen-bond donors (Lipinski definition) is 0. The summed E-state index contributed by atoms with van der Waals surface area (Å²) in [6.45, 7) is -0.159. The van der Waals surface area contributed by atoms with Gasteiger partial charge in [0.05, 0.1) is 0 Å². The zero-order valence-electron chi connectivity index (χ0n) is 11.4. The van der Waals surface area contributed by atoms with Gasteiger partial charge >= 0.3 is 5.63 Å². The van der Waals surface area contributed by atoms with Crippen molar-refractivity contribution >= 4 is 16.8 Å². The molecule has 0 unspecified atom stereocenters. The Morgan fingerprint density at radius 1 is 1.05 bits per heavy atom. The van der Waals surface area contributed by atoms with Crippen molar-refractivity contribution in [2.24, 2.45) is 0 Å². The molecule has 22 heavy (non-hydrogen) atoms. The van der Waals surface area contributed by atoms with Crippen LogP contribution in [0.25, 0.3) is 11.0 Å². The number of rotatable bonds is 4. The van der Waals surface area contributed by atoms with Gasteiger partial charge in [0.25, 0.3) is 0 Å². The van der Waals surface area contributed by atoms with Crippen molar-refractivity contribution in [1.82, 2.24) is 0 Å². The monoisotopic (exact) mass is 298 g/mol. The highest BCUT2D eigenvalue weighted by molar-refractivity contribution is 5.97. The summed E-state index contributed by atoms with van der Waals surface area (Å²) in [4.78, 5) is 23.0. The Bertz CT molecular complexity index is 881. The molecule has 0 saturated carbocycles. The second-order valence-electron chi connectivity index (χ2n) is 4.67. The van der Waals surface area contributed by atoms with E-state index >= 15 is 0 Å². The van der Waals surface area contributed by atoms with Gasteiger partial charge < -0.3 is 9.15 Å². The molecule has 0 spiro atoms. The van der Waals surface area contributed by atoms with Crippen LogP contribution < -0.4 is 10.4 Å². The van der Waals surface area contributed by atoms with Crippen molar-refractivity contribution in [2.45, 2.75) is 0 Å². The highest BCUT2D eigenvalue weighted by Crippen LogP contribution is 2.19. The number of halogens is 1. The largest absolute Gasteiger partial charge is 0.485 e. The molecular formula is C17H11FO4. The van der Waals surface area contributed by atoms with Crippen LogP contribution in [0.5, 0.6) is 5.75 Å². The highest BCUT2D eigenvalue weighted by atomic mass is 19.1. The predicted octanol–water partition coefficient (Wildman–Crippen LogP) is 3.19. The first-order valence-corrected chi connectivity index (χ1v) is 6.57. The van der Waals surface area contributed by atoms with Crippen LogP contribution in [0.3, 0.4) is 0 Å². The number of fused-ring (bicyclic) bond motifs is 1. The molecule has 3 aromatic rings. The average molecular weight is 298 g/mol. The summed E-state index contributed by atoms with van der Waals surface area (Å²) in [7, 11) is 0. The summed E-state index contributed by atoms with van der Waals surface area (Å²) in [6.07, 6.45) is 0. The predicted molar refractivity (Wildman–Crippen MR) is 78.7 cm³/mol. The van der Waals surface area contributed by atoms with Gasteiger partial charge in [0, 0.05) is 17.0 Å². The summed E-state index contributed by atoms with van der Waals surface area (Å²) in [5.74, 6) is -0.162. The van der Waals surface area contributed by atoms with Crippen molar-refractivity contribution in [3.05, 3.63) is 76.4 Å². The summed E-state index contributed by atoms with van der Waals surface area (Å²) in [5, 5.41) is 0.700. The normalized spacial score (nSPS) is 10.6. The van der Waals surface area contributed by atoms with Gasteiger partial charge in [0.15, 0.2) is 12.4 Å². The highest BCUT2D eigenvalue weighted by Gasteiger charge is 2.07. The molecule has 5 heteroatoms. The fourth-order valence-electron chi connectivity index (χ4n) is 2.01. The second kappa shape index (κ2) is 5.81. The maximum atomic E-state index is 12.8. The second-order valence-corrected chi connectivity index (χ2v) is 4.67. The Morgan fingerprint density at radius 3 is 2.59 bits per heavy atom. The zero-order valence-corrected chi connectivity index (χ0v) is 11.4. The molecule has 2 aromatic carbocycles.